The van der Waals surface area contributed by atoms with Gasteiger partial charge in [0.15, 0.2) is 0 Å². The summed E-state index contributed by atoms with van der Waals surface area (Å²) in [5.74, 6) is 0.295. The third kappa shape index (κ3) is 2.91. The number of hydrogen-bond acceptors (Lipinski definition) is 3. The van der Waals surface area contributed by atoms with Gasteiger partial charge in [-0.2, -0.15) is 0 Å². The van der Waals surface area contributed by atoms with Crippen LogP contribution in [0.5, 0.6) is 0 Å². The second kappa shape index (κ2) is 6.01. The van der Waals surface area contributed by atoms with E-state index in [0.717, 1.165) is 13.1 Å². The van der Waals surface area contributed by atoms with Crippen LogP contribution in [0.4, 0.5) is 0 Å². The molecule has 3 heteroatoms. The molecule has 1 saturated heterocycles. The van der Waals surface area contributed by atoms with Crippen molar-refractivity contribution in [1.29, 1.82) is 0 Å². The van der Waals surface area contributed by atoms with Gasteiger partial charge >= 0.3 is 5.97 Å². The fourth-order valence-corrected chi connectivity index (χ4v) is 2.65. The van der Waals surface area contributed by atoms with Crippen LogP contribution >= 0.6 is 0 Å². The van der Waals surface area contributed by atoms with E-state index in [1.165, 1.54) is 32.1 Å². The van der Waals surface area contributed by atoms with E-state index in [1.54, 1.807) is 0 Å². The summed E-state index contributed by atoms with van der Waals surface area (Å²) in [5, 5.41) is 0. The number of benzene rings is 1. The summed E-state index contributed by atoms with van der Waals surface area (Å²) in [6.45, 7) is 5.60. The van der Waals surface area contributed by atoms with Crippen LogP contribution < -0.4 is 0 Å². The van der Waals surface area contributed by atoms with E-state index in [9.17, 15) is 4.79 Å². The molecule has 0 saturated carbocycles. The average Bonchev–Trinajstić information content (AvgIpc) is 2.46. The highest BCUT2D eigenvalue weighted by Crippen LogP contribution is 2.27. The Balaban J connectivity index is 2.15. The normalized spacial score (nSPS) is 20.7. The highest BCUT2D eigenvalue weighted by atomic mass is 16.5. The van der Waals surface area contributed by atoms with E-state index >= 15 is 0 Å². The van der Waals surface area contributed by atoms with E-state index in [2.05, 4.69) is 17.9 Å². The van der Waals surface area contributed by atoms with Gasteiger partial charge in [0.05, 0.1) is 12.7 Å². The van der Waals surface area contributed by atoms with Crippen LogP contribution in [-0.4, -0.2) is 37.6 Å². The second-order valence-electron chi connectivity index (χ2n) is 4.85. The zero-order valence-corrected chi connectivity index (χ0v) is 11.2. The van der Waals surface area contributed by atoms with Gasteiger partial charge in [-0.05, 0) is 49.5 Å². The van der Waals surface area contributed by atoms with Gasteiger partial charge < -0.3 is 9.64 Å². The number of carbonyl (C=O) groups is 1. The van der Waals surface area contributed by atoms with Crippen LogP contribution in [0.1, 0.15) is 41.6 Å². The molecular weight excluding hydrogens is 226 g/mol. The van der Waals surface area contributed by atoms with E-state index in [0.29, 0.717) is 11.5 Å². The molecule has 1 fully saturated rings. The smallest absolute Gasteiger partial charge is 0.337 e. The highest BCUT2D eigenvalue weighted by molar-refractivity contribution is 5.89. The molecule has 1 aromatic carbocycles. The summed E-state index contributed by atoms with van der Waals surface area (Å²) in [6, 6.07) is 7.87. The molecule has 1 heterocycles. The van der Waals surface area contributed by atoms with Crippen molar-refractivity contribution in [3.8, 4) is 0 Å². The molecule has 0 radical (unpaired) electrons. The van der Waals surface area contributed by atoms with Crippen molar-refractivity contribution in [2.24, 2.45) is 0 Å². The molecule has 1 aliphatic heterocycles. The lowest BCUT2D eigenvalue weighted by molar-refractivity contribution is 0.0600. The molecular formula is C15H21NO2. The lowest BCUT2D eigenvalue weighted by atomic mass is 9.90. The summed E-state index contributed by atoms with van der Waals surface area (Å²) >= 11 is 0. The van der Waals surface area contributed by atoms with Gasteiger partial charge in [0.1, 0.15) is 0 Å². The largest absolute Gasteiger partial charge is 0.465 e. The molecule has 3 nitrogen and oxygen atoms in total. The first kappa shape index (κ1) is 13.1. The number of hydrogen-bond donors (Lipinski definition) is 0. The molecule has 18 heavy (non-hydrogen) atoms. The van der Waals surface area contributed by atoms with E-state index in [-0.39, 0.29) is 5.97 Å². The number of piperidine rings is 1. The van der Waals surface area contributed by atoms with Crippen molar-refractivity contribution >= 4 is 5.97 Å². The lowest BCUT2D eigenvalue weighted by Crippen LogP contribution is -2.34. The standard InChI is InChI=1S/C15H21NO2/c1-3-16-9-5-8-14(11-16)12-6-4-7-13(10-12)15(17)18-2/h4,6-7,10,14H,3,5,8-9,11H2,1-2H3/t14-/m1/s1. The maximum Gasteiger partial charge on any atom is 0.337 e. The van der Waals surface area contributed by atoms with Gasteiger partial charge in [-0.15, -0.1) is 0 Å². The Morgan fingerprint density at radius 1 is 1.50 bits per heavy atom. The quantitative estimate of drug-likeness (QED) is 0.769. The molecule has 98 valence electrons. The number of rotatable bonds is 3. The Morgan fingerprint density at radius 2 is 2.33 bits per heavy atom. The molecule has 1 aliphatic rings. The number of nitrogens with zero attached hydrogens (tertiary/aromatic N) is 1. The second-order valence-corrected chi connectivity index (χ2v) is 4.85. The molecule has 0 amide bonds. The Labute approximate surface area is 109 Å². The van der Waals surface area contributed by atoms with Crippen LogP contribution in [0.3, 0.4) is 0 Å². The minimum atomic E-state index is -0.250. The minimum absolute atomic E-state index is 0.250. The van der Waals surface area contributed by atoms with Crippen LogP contribution in [-0.2, 0) is 4.74 Å². The van der Waals surface area contributed by atoms with E-state index < -0.39 is 0 Å². The summed E-state index contributed by atoms with van der Waals surface area (Å²) in [4.78, 5) is 14.0. The van der Waals surface area contributed by atoms with E-state index in [4.69, 9.17) is 4.74 Å². The number of esters is 1. The van der Waals surface area contributed by atoms with Gasteiger partial charge in [-0.1, -0.05) is 19.1 Å². The third-order valence-electron chi connectivity index (χ3n) is 3.73. The molecule has 0 aliphatic carbocycles. The number of likely N-dealkylation sites (tertiary alicyclic amines) is 1. The first-order valence-corrected chi connectivity index (χ1v) is 6.65. The van der Waals surface area contributed by atoms with Crippen molar-refractivity contribution in [1.82, 2.24) is 4.90 Å². The fraction of sp³-hybridized carbons (Fsp3) is 0.533. The molecule has 2 rings (SSSR count). The van der Waals surface area contributed by atoms with Gasteiger partial charge in [-0.3, -0.25) is 0 Å². The van der Waals surface area contributed by atoms with Crippen molar-refractivity contribution in [2.45, 2.75) is 25.7 Å². The topological polar surface area (TPSA) is 29.5 Å². The van der Waals surface area contributed by atoms with Crippen molar-refractivity contribution < 1.29 is 9.53 Å². The monoisotopic (exact) mass is 247 g/mol. The maximum atomic E-state index is 11.5. The Morgan fingerprint density at radius 3 is 3.06 bits per heavy atom. The molecule has 1 atom stereocenters. The van der Waals surface area contributed by atoms with E-state index in [1.807, 2.05) is 18.2 Å². The van der Waals surface area contributed by atoms with Crippen molar-refractivity contribution in [3.05, 3.63) is 35.4 Å². The van der Waals surface area contributed by atoms with Gasteiger partial charge in [0.2, 0.25) is 0 Å². The molecule has 0 N–H and O–H groups in total. The van der Waals surface area contributed by atoms with Crippen LogP contribution in [0.15, 0.2) is 24.3 Å². The molecule has 0 bridgehead atoms. The van der Waals surface area contributed by atoms with Crippen LogP contribution in [0, 0.1) is 0 Å². The SMILES string of the molecule is CCN1CCC[C@@H](c2cccc(C(=O)OC)c2)C1. The average molecular weight is 247 g/mol. The zero-order chi connectivity index (χ0) is 13.0. The number of ether oxygens (including phenoxy) is 1. The molecule has 0 unspecified atom stereocenters. The Kier molecular flexibility index (Phi) is 4.37. The number of methoxy groups -OCH3 is 1. The van der Waals surface area contributed by atoms with Crippen LogP contribution in [0.25, 0.3) is 0 Å². The zero-order valence-electron chi connectivity index (χ0n) is 11.2. The predicted molar refractivity (Wildman–Crippen MR) is 71.9 cm³/mol. The summed E-state index contributed by atoms with van der Waals surface area (Å²) in [5.41, 5.74) is 1.92. The maximum absolute atomic E-state index is 11.5. The third-order valence-corrected chi connectivity index (χ3v) is 3.73. The minimum Gasteiger partial charge on any atom is -0.465 e. The van der Waals surface area contributed by atoms with Gasteiger partial charge in [-0.25, -0.2) is 4.79 Å². The van der Waals surface area contributed by atoms with Crippen molar-refractivity contribution in [3.63, 3.8) is 0 Å². The summed E-state index contributed by atoms with van der Waals surface area (Å²) in [6.07, 6.45) is 2.45. The number of carbonyl (C=O) groups excluding carboxylic acids is 1. The highest BCUT2D eigenvalue weighted by Gasteiger charge is 2.20. The summed E-state index contributed by atoms with van der Waals surface area (Å²) < 4.78 is 4.77. The van der Waals surface area contributed by atoms with Crippen molar-refractivity contribution in [2.75, 3.05) is 26.7 Å². The first-order chi connectivity index (χ1) is 8.74. The molecule has 0 aromatic heterocycles. The number of likely N-dealkylation sites (N-methyl/N-ethyl adjacent to an activating group) is 1. The van der Waals surface area contributed by atoms with Crippen LogP contribution in [0.2, 0.25) is 0 Å². The first-order valence-electron chi connectivity index (χ1n) is 6.65. The van der Waals surface area contributed by atoms with Gasteiger partial charge in [0, 0.05) is 6.54 Å². The predicted octanol–water partition coefficient (Wildman–Crippen LogP) is 2.67. The summed E-state index contributed by atoms with van der Waals surface area (Å²) in [7, 11) is 1.43. The fourth-order valence-electron chi connectivity index (χ4n) is 2.65. The molecule has 0 spiro atoms. The lowest BCUT2D eigenvalue weighted by Gasteiger charge is -2.32. The van der Waals surface area contributed by atoms with Gasteiger partial charge in [0.25, 0.3) is 0 Å². The molecule has 1 aromatic rings. The Hall–Kier alpha value is -1.35. The Bertz CT molecular complexity index is 417.